The van der Waals surface area contributed by atoms with Gasteiger partial charge < -0.3 is 20.3 Å². The van der Waals surface area contributed by atoms with Gasteiger partial charge in [-0.05, 0) is 74.2 Å². The van der Waals surface area contributed by atoms with Crippen LogP contribution in [0, 0.1) is 11.8 Å². The van der Waals surface area contributed by atoms with Gasteiger partial charge in [0.15, 0.2) is 0 Å². The Balaban J connectivity index is 1.23. The normalized spacial score (nSPS) is 36.3. The molecule has 1 unspecified atom stereocenters. The SMILES string of the molecule is O=C(NCCN1CCOCC1)C1C[C@]23CCN(CC4CC4)[C@H](Cc4ccc(O)cc42)[C@]3(O)C1. The van der Waals surface area contributed by atoms with E-state index in [1.807, 2.05) is 12.1 Å². The summed E-state index contributed by atoms with van der Waals surface area (Å²) >= 11 is 0. The van der Waals surface area contributed by atoms with Gasteiger partial charge in [-0.3, -0.25) is 14.6 Å². The molecule has 3 aliphatic carbocycles. The van der Waals surface area contributed by atoms with E-state index in [4.69, 9.17) is 4.74 Å². The summed E-state index contributed by atoms with van der Waals surface area (Å²) in [6.45, 7) is 6.86. The number of carbonyl (C=O) groups is 1. The summed E-state index contributed by atoms with van der Waals surface area (Å²) in [5.41, 5.74) is 0.941. The Morgan fingerprint density at radius 3 is 2.79 bits per heavy atom. The van der Waals surface area contributed by atoms with Crippen LogP contribution in [0.5, 0.6) is 5.75 Å². The first-order valence-electron chi connectivity index (χ1n) is 12.9. The number of carbonyl (C=O) groups excluding carboxylic acids is 1. The van der Waals surface area contributed by atoms with Crippen LogP contribution in [0.1, 0.15) is 43.2 Å². The van der Waals surface area contributed by atoms with Crippen molar-refractivity contribution >= 4 is 5.91 Å². The maximum atomic E-state index is 13.3. The minimum Gasteiger partial charge on any atom is -0.508 e. The van der Waals surface area contributed by atoms with Gasteiger partial charge in [0.25, 0.3) is 0 Å². The number of phenolic OH excluding ortho intramolecular Hbond substituents is 1. The van der Waals surface area contributed by atoms with Crippen LogP contribution in [-0.2, 0) is 21.4 Å². The third-order valence-corrected chi connectivity index (χ3v) is 9.21. The molecule has 5 aliphatic rings. The highest BCUT2D eigenvalue weighted by Gasteiger charge is 2.68. The molecule has 2 saturated carbocycles. The van der Waals surface area contributed by atoms with E-state index in [0.29, 0.717) is 19.4 Å². The predicted molar refractivity (Wildman–Crippen MR) is 124 cm³/mol. The van der Waals surface area contributed by atoms with Crippen LogP contribution >= 0.6 is 0 Å². The zero-order valence-corrected chi connectivity index (χ0v) is 19.5. The second-order valence-electron chi connectivity index (χ2n) is 11.1. The summed E-state index contributed by atoms with van der Waals surface area (Å²) in [6.07, 6.45) is 5.41. The van der Waals surface area contributed by atoms with E-state index in [1.54, 1.807) is 6.07 Å². The standard InChI is InChI=1S/C26H37N3O4/c30-21-4-3-19-13-23-26(32)16-20(24(31)27-6-8-28-9-11-33-12-10-28)15-25(26,22(19)14-21)5-7-29(23)17-18-1-2-18/h3-4,14,18,20,23,30,32H,1-2,5-13,15-17H2,(H,27,31)/t20?,23-,25-,26-/m1/s1. The summed E-state index contributed by atoms with van der Waals surface area (Å²) in [7, 11) is 0. The van der Waals surface area contributed by atoms with Crippen molar-refractivity contribution in [3.63, 3.8) is 0 Å². The smallest absolute Gasteiger partial charge is 0.223 e. The second kappa shape index (κ2) is 8.22. The van der Waals surface area contributed by atoms with Crippen molar-refractivity contribution in [1.82, 2.24) is 15.1 Å². The lowest BCUT2D eigenvalue weighted by Gasteiger charge is -2.59. The lowest BCUT2D eigenvalue weighted by atomic mass is 9.56. The van der Waals surface area contributed by atoms with Crippen molar-refractivity contribution in [3.8, 4) is 5.75 Å². The Morgan fingerprint density at radius 1 is 1.18 bits per heavy atom. The number of hydrogen-bond donors (Lipinski definition) is 3. The Hall–Kier alpha value is -1.67. The van der Waals surface area contributed by atoms with Crippen molar-refractivity contribution in [2.75, 3.05) is 52.5 Å². The number of aromatic hydroxyl groups is 1. The molecule has 180 valence electrons. The fraction of sp³-hybridized carbons (Fsp3) is 0.731. The van der Waals surface area contributed by atoms with E-state index in [-0.39, 0.29) is 23.6 Å². The molecule has 2 aliphatic heterocycles. The zero-order valence-electron chi connectivity index (χ0n) is 19.5. The molecule has 0 spiro atoms. The van der Waals surface area contributed by atoms with Crippen molar-refractivity contribution < 1.29 is 19.7 Å². The number of morpholine rings is 1. The molecular weight excluding hydrogens is 418 g/mol. The minimum atomic E-state index is -0.923. The first-order chi connectivity index (χ1) is 16.0. The fourth-order valence-electron chi connectivity index (χ4n) is 7.32. The molecule has 1 aromatic rings. The summed E-state index contributed by atoms with van der Waals surface area (Å²) in [6, 6.07) is 5.72. The minimum absolute atomic E-state index is 0.0510. The summed E-state index contributed by atoms with van der Waals surface area (Å²) in [5.74, 6) is 0.892. The molecule has 7 nitrogen and oxygen atoms in total. The number of ether oxygens (including phenoxy) is 1. The van der Waals surface area contributed by atoms with Crippen LogP contribution in [-0.4, -0.2) is 90.0 Å². The van der Waals surface area contributed by atoms with Crippen LogP contribution in [0.4, 0.5) is 0 Å². The van der Waals surface area contributed by atoms with Gasteiger partial charge in [-0.15, -0.1) is 0 Å². The molecular formula is C26H37N3O4. The highest BCUT2D eigenvalue weighted by atomic mass is 16.5. The van der Waals surface area contributed by atoms with Gasteiger partial charge in [-0.25, -0.2) is 0 Å². The number of nitrogens with zero attached hydrogens (tertiary/aromatic N) is 2. The Bertz CT molecular complexity index is 915. The Labute approximate surface area is 196 Å². The average molecular weight is 456 g/mol. The number of fused-ring (bicyclic) bond motifs is 1. The molecule has 0 radical (unpaired) electrons. The summed E-state index contributed by atoms with van der Waals surface area (Å²) in [5, 5.41) is 25.8. The number of nitrogens with one attached hydrogen (secondary N) is 1. The van der Waals surface area contributed by atoms with Crippen LogP contribution in [0.15, 0.2) is 18.2 Å². The molecule has 6 rings (SSSR count). The first-order valence-corrected chi connectivity index (χ1v) is 12.9. The van der Waals surface area contributed by atoms with Crippen LogP contribution < -0.4 is 5.32 Å². The fourth-order valence-corrected chi connectivity index (χ4v) is 7.32. The number of likely N-dealkylation sites (tertiary alicyclic amines) is 1. The van der Waals surface area contributed by atoms with E-state index in [9.17, 15) is 15.0 Å². The summed E-state index contributed by atoms with van der Waals surface area (Å²) in [4.78, 5) is 18.1. The lowest BCUT2D eigenvalue weighted by Crippen LogP contribution is -2.69. The number of phenols is 1. The predicted octanol–water partition coefficient (Wildman–Crippen LogP) is 1.26. The van der Waals surface area contributed by atoms with E-state index in [2.05, 4.69) is 15.1 Å². The molecule has 0 aromatic heterocycles. The van der Waals surface area contributed by atoms with Crippen LogP contribution in [0.25, 0.3) is 0 Å². The van der Waals surface area contributed by atoms with Crippen molar-refractivity contribution in [2.24, 2.45) is 11.8 Å². The Morgan fingerprint density at radius 2 is 2.00 bits per heavy atom. The zero-order chi connectivity index (χ0) is 22.6. The third-order valence-electron chi connectivity index (χ3n) is 9.21. The molecule has 33 heavy (non-hydrogen) atoms. The maximum absolute atomic E-state index is 13.3. The average Bonchev–Trinajstić information content (AvgIpc) is 3.56. The molecule has 7 heteroatoms. The number of aliphatic hydroxyl groups is 1. The van der Waals surface area contributed by atoms with E-state index >= 15 is 0 Å². The molecule has 2 saturated heterocycles. The maximum Gasteiger partial charge on any atom is 0.223 e. The van der Waals surface area contributed by atoms with Crippen molar-refractivity contribution in [2.45, 2.75) is 55.6 Å². The molecule has 4 fully saturated rings. The van der Waals surface area contributed by atoms with Crippen LogP contribution in [0.2, 0.25) is 0 Å². The number of rotatable bonds is 6. The van der Waals surface area contributed by atoms with Gasteiger partial charge in [-0.2, -0.15) is 0 Å². The topological polar surface area (TPSA) is 85.3 Å². The number of piperidine rings is 1. The van der Waals surface area contributed by atoms with Gasteiger partial charge in [-0.1, -0.05) is 6.07 Å². The van der Waals surface area contributed by atoms with Gasteiger partial charge in [0.2, 0.25) is 5.91 Å². The first kappa shape index (κ1) is 21.8. The molecule has 3 N–H and O–H groups in total. The monoisotopic (exact) mass is 455 g/mol. The quantitative estimate of drug-likeness (QED) is 0.599. The second-order valence-corrected chi connectivity index (χ2v) is 11.1. The van der Waals surface area contributed by atoms with Gasteiger partial charge in [0.1, 0.15) is 5.75 Å². The molecule has 2 heterocycles. The molecule has 4 atom stereocenters. The number of benzene rings is 1. The number of amides is 1. The van der Waals surface area contributed by atoms with Gasteiger partial charge >= 0.3 is 0 Å². The molecule has 2 bridgehead atoms. The Kier molecular flexibility index (Phi) is 5.44. The van der Waals surface area contributed by atoms with Crippen LogP contribution in [0.3, 0.4) is 0 Å². The lowest BCUT2D eigenvalue weighted by molar-refractivity contribution is -0.134. The van der Waals surface area contributed by atoms with E-state index < -0.39 is 11.0 Å². The molecule has 1 aromatic carbocycles. The van der Waals surface area contributed by atoms with Crippen molar-refractivity contribution in [3.05, 3.63) is 29.3 Å². The van der Waals surface area contributed by atoms with Gasteiger partial charge in [0.05, 0.1) is 18.8 Å². The molecule has 1 amide bonds. The highest BCUT2D eigenvalue weighted by Crippen LogP contribution is 2.62. The van der Waals surface area contributed by atoms with E-state index in [1.165, 1.54) is 18.4 Å². The van der Waals surface area contributed by atoms with Crippen molar-refractivity contribution in [1.29, 1.82) is 0 Å². The third kappa shape index (κ3) is 3.68. The largest absolute Gasteiger partial charge is 0.508 e. The highest BCUT2D eigenvalue weighted by molar-refractivity contribution is 5.80. The van der Waals surface area contributed by atoms with E-state index in [0.717, 1.165) is 70.3 Å². The number of hydrogen-bond acceptors (Lipinski definition) is 6. The summed E-state index contributed by atoms with van der Waals surface area (Å²) < 4.78 is 5.41. The van der Waals surface area contributed by atoms with Gasteiger partial charge in [0, 0.05) is 50.1 Å².